The molecule has 7 nitrogen and oxygen atoms in total. The van der Waals surface area contributed by atoms with Crippen LogP contribution in [0.3, 0.4) is 0 Å². The molecule has 0 saturated carbocycles. The highest BCUT2D eigenvalue weighted by Crippen LogP contribution is 2.22. The van der Waals surface area contributed by atoms with Crippen LogP contribution in [-0.2, 0) is 0 Å². The van der Waals surface area contributed by atoms with Crippen molar-refractivity contribution in [2.45, 2.75) is 18.9 Å². The highest BCUT2D eigenvalue weighted by molar-refractivity contribution is 5.99. The van der Waals surface area contributed by atoms with Crippen LogP contribution in [0, 0.1) is 0 Å². The molecule has 7 heteroatoms. The van der Waals surface area contributed by atoms with Crippen molar-refractivity contribution in [3.63, 3.8) is 0 Å². The highest BCUT2D eigenvalue weighted by atomic mass is 16.2. The van der Waals surface area contributed by atoms with E-state index in [-0.39, 0.29) is 11.9 Å². The van der Waals surface area contributed by atoms with E-state index in [2.05, 4.69) is 15.2 Å². The van der Waals surface area contributed by atoms with Crippen LogP contribution in [0.4, 0.5) is 0 Å². The van der Waals surface area contributed by atoms with Gasteiger partial charge in [-0.05, 0) is 25.0 Å². The van der Waals surface area contributed by atoms with Gasteiger partial charge in [-0.25, -0.2) is 9.50 Å². The van der Waals surface area contributed by atoms with Gasteiger partial charge < -0.3 is 4.90 Å². The molecule has 0 N–H and O–H groups in total. The average molecular weight is 296 g/mol. The lowest BCUT2D eigenvalue weighted by Gasteiger charge is -2.32. The first kappa shape index (κ1) is 13.0. The summed E-state index contributed by atoms with van der Waals surface area (Å²) in [5.74, 6) is -0.00874. The molecular weight excluding hydrogens is 280 g/mol. The second kappa shape index (κ2) is 5.25. The average Bonchev–Trinajstić information content (AvgIpc) is 3.24. The van der Waals surface area contributed by atoms with E-state index in [9.17, 15) is 4.79 Å². The first-order chi connectivity index (χ1) is 10.8. The molecule has 3 aromatic heterocycles. The molecule has 0 aromatic carbocycles. The van der Waals surface area contributed by atoms with Gasteiger partial charge in [0.1, 0.15) is 5.56 Å². The third-order valence-electron chi connectivity index (χ3n) is 4.09. The number of aromatic nitrogens is 5. The summed E-state index contributed by atoms with van der Waals surface area (Å²) in [5.41, 5.74) is 1.16. The number of piperidine rings is 1. The number of carbonyl (C=O) groups excluding carboxylic acids is 1. The Kier molecular flexibility index (Phi) is 3.10. The largest absolute Gasteiger partial charge is 0.336 e. The summed E-state index contributed by atoms with van der Waals surface area (Å²) < 4.78 is 3.57. The highest BCUT2D eigenvalue weighted by Gasteiger charge is 2.27. The standard InChI is InChI=1S/C15H16N6O/c22-15(13-10-18-21-9-2-5-16-14(13)21)19-7-1-4-12(11-19)20-8-3-6-17-20/h2-3,5-6,8-10,12H,1,4,7,11H2/t12-/m1/s1. The normalized spacial score (nSPS) is 18.7. The number of fused-ring (bicyclic) bond motifs is 1. The fraction of sp³-hybridized carbons (Fsp3) is 0.333. The van der Waals surface area contributed by atoms with Crippen molar-refractivity contribution in [2.24, 2.45) is 0 Å². The number of amides is 1. The van der Waals surface area contributed by atoms with Crippen molar-refractivity contribution >= 4 is 11.6 Å². The van der Waals surface area contributed by atoms with Gasteiger partial charge in [0.2, 0.25) is 0 Å². The Morgan fingerprint density at radius 1 is 1.18 bits per heavy atom. The Balaban J connectivity index is 1.60. The Hall–Kier alpha value is -2.70. The van der Waals surface area contributed by atoms with E-state index in [1.807, 2.05) is 21.8 Å². The smallest absolute Gasteiger partial charge is 0.259 e. The Bertz CT molecular complexity index is 793. The molecule has 0 unspecified atom stereocenters. The molecule has 1 atom stereocenters. The minimum atomic E-state index is -0.00874. The van der Waals surface area contributed by atoms with Gasteiger partial charge in [-0.2, -0.15) is 10.2 Å². The Morgan fingerprint density at radius 3 is 2.95 bits per heavy atom. The second-order valence-corrected chi connectivity index (χ2v) is 5.48. The van der Waals surface area contributed by atoms with E-state index in [1.54, 1.807) is 35.4 Å². The van der Waals surface area contributed by atoms with E-state index in [1.165, 1.54) is 0 Å². The summed E-state index contributed by atoms with van der Waals surface area (Å²) in [6.07, 6.45) is 10.8. The third-order valence-corrected chi connectivity index (χ3v) is 4.09. The molecule has 0 bridgehead atoms. The molecule has 4 rings (SSSR count). The van der Waals surface area contributed by atoms with Crippen molar-refractivity contribution in [2.75, 3.05) is 13.1 Å². The molecule has 1 amide bonds. The molecule has 22 heavy (non-hydrogen) atoms. The maximum absolute atomic E-state index is 12.8. The molecular formula is C15H16N6O. The van der Waals surface area contributed by atoms with Crippen molar-refractivity contribution in [3.8, 4) is 0 Å². The molecule has 1 aliphatic rings. The van der Waals surface area contributed by atoms with Gasteiger partial charge in [0, 0.05) is 37.9 Å². The van der Waals surface area contributed by atoms with Crippen LogP contribution < -0.4 is 0 Å². The second-order valence-electron chi connectivity index (χ2n) is 5.48. The van der Waals surface area contributed by atoms with Crippen molar-refractivity contribution in [1.29, 1.82) is 0 Å². The van der Waals surface area contributed by atoms with E-state index in [0.29, 0.717) is 17.8 Å². The molecule has 4 heterocycles. The van der Waals surface area contributed by atoms with Crippen LogP contribution in [0.25, 0.3) is 5.65 Å². The summed E-state index contributed by atoms with van der Waals surface area (Å²) in [4.78, 5) is 18.9. The number of hydrogen-bond donors (Lipinski definition) is 0. The van der Waals surface area contributed by atoms with Crippen LogP contribution in [-0.4, -0.2) is 48.3 Å². The molecule has 0 spiro atoms. The van der Waals surface area contributed by atoms with E-state index < -0.39 is 0 Å². The minimum absolute atomic E-state index is 0.00874. The molecule has 1 aliphatic heterocycles. The predicted molar refractivity (Wildman–Crippen MR) is 79.4 cm³/mol. The van der Waals surface area contributed by atoms with Crippen LogP contribution in [0.15, 0.2) is 43.1 Å². The molecule has 112 valence electrons. The lowest BCUT2D eigenvalue weighted by Crippen LogP contribution is -2.40. The first-order valence-electron chi connectivity index (χ1n) is 7.40. The molecule has 3 aromatic rings. The number of hydrogen-bond acceptors (Lipinski definition) is 4. The summed E-state index contributed by atoms with van der Waals surface area (Å²) in [6, 6.07) is 3.95. The van der Waals surface area contributed by atoms with E-state index in [0.717, 1.165) is 19.4 Å². The summed E-state index contributed by atoms with van der Waals surface area (Å²) in [7, 11) is 0. The van der Waals surface area contributed by atoms with Crippen LogP contribution in [0.1, 0.15) is 29.2 Å². The number of nitrogens with zero attached hydrogens (tertiary/aromatic N) is 6. The lowest BCUT2D eigenvalue weighted by atomic mass is 10.1. The van der Waals surface area contributed by atoms with Crippen molar-refractivity contribution < 1.29 is 4.79 Å². The predicted octanol–water partition coefficient (Wildman–Crippen LogP) is 1.40. The van der Waals surface area contributed by atoms with Crippen LogP contribution in [0.5, 0.6) is 0 Å². The van der Waals surface area contributed by atoms with Gasteiger partial charge in [-0.15, -0.1) is 0 Å². The van der Waals surface area contributed by atoms with E-state index in [4.69, 9.17) is 0 Å². The van der Waals surface area contributed by atoms with Gasteiger partial charge >= 0.3 is 0 Å². The quantitative estimate of drug-likeness (QED) is 0.717. The van der Waals surface area contributed by atoms with Gasteiger partial charge in [0.15, 0.2) is 5.65 Å². The number of likely N-dealkylation sites (tertiary alicyclic amines) is 1. The topological polar surface area (TPSA) is 68.3 Å². The molecule has 0 radical (unpaired) electrons. The Morgan fingerprint density at radius 2 is 2.09 bits per heavy atom. The first-order valence-corrected chi connectivity index (χ1v) is 7.40. The molecule has 0 aliphatic carbocycles. The zero-order valence-corrected chi connectivity index (χ0v) is 12.0. The Labute approximate surface area is 127 Å². The fourth-order valence-corrected chi connectivity index (χ4v) is 3.00. The zero-order chi connectivity index (χ0) is 14.9. The zero-order valence-electron chi connectivity index (χ0n) is 12.0. The molecule has 1 saturated heterocycles. The lowest BCUT2D eigenvalue weighted by molar-refractivity contribution is 0.0674. The van der Waals surface area contributed by atoms with Gasteiger partial charge in [-0.1, -0.05) is 0 Å². The van der Waals surface area contributed by atoms with Gasteiger partial charge in [0.05, 0.1) is 12.2 Å². The minimum Gasteiger partial charge on any atom is -0.336 e. The molecule has 1 fully saturated rings. The summed E-state index contributed by atoms with van der Waals surface area (Å²) in [5, 5.41) is 8.49. The third kappa shape index (κ3) is 2.14. The SMILES string of the molecule is O=C(c1cnn2cccnc12)N1CCC[C@@H](n2cccn2)C1. The van der Waals surface area contributed by atoms with Gasteiger partial charge in [-0.3, -0.25) is 9.48 Å². The maximum atomic E-state index is 12.8. The van der Waals surface area contributed by atoms with E-state index >= 15 is 0 Å². The summed E-state index contributed by atoms with van der Waals surface area (Å²) >= 11 is 0. The maximum Gasteiger partial charge on any atom is 0.259 e. The number of rotatable bonds is 2. The van der Waals surface area contributed by atoms with Crippen molar-refractivity contribution in [1.82, 2.24) is 29.3 Å². The number of carbonyl (C=O) groups is 1. The summed E-state index contributed by atoms with van der Waals surface area (Å²) in [6.45, 7) is 1.44. The fourth-order valence-electron chi connectivity index (χ4n) is 3.00. The van der Waals surface area contributed by atoms with Crippen molar-refractivity contribution in [3.05, 3.63) is 48.7 Å². The monoisotopic (exact) mass is 296 g/mol. The van der Waals surface area contributed by atoms with Crippen LogP contribution in [0.2, 0.25) is 0 Å². The van der Waals surface area contributed by atoms with Gasteiger partial charge in [0.25, 0.3) is 5.91 Å². The van der Waals surface area contributed by atoms with Crippen LogP contribution >= 0.6 is 0 Å².